The van der Waals surface area contributed by atoms with Gasteiger partial charge in [0.15, 0.2) is 5.82 Å². The third kappa shape index (κ3) is 3.90. The van der Waals surface area contributed by atoms with Crippen LogP contribution < -0.4 is 15.8 Å². The highest BCUT2D eigenvalue weighted by Gasteiger charge is 2.14. The minimum atomic E-state index is 0.180. The Hall–Kier alpha value is -1.66. The number of aromatic nitrogens is 2. The molecule has 0 aliphatic heterocycles. The first-order valence-electron chi connectivity index (χ1n) is 6.21. The van der Waals surface area contributed by atoms with Crippen molar-refractivity contribution in [2.75, 3.05) is 31.1 Å². The number of hydrazine groups is 1. The predicted octanol–water partition coefficient (Wildman–Crippen LogP) is 1.71. The maximum atomic E-state index is 5.11. The molecular formula is C13H23N5O. The lowest BCUT2D eigenvalue weighted by molar-refractivity contribution is 0.190. The molecule has 1 heterocycles. The number of anilines is 2. The zero-order valence-electron chi connectivity index (χ0n) is 12.3. The molecule has 0 radical (unpaired) electrons. The van der Waals surface area contributed by atoms with E-state index in [2.05, 4.69) is 27.3 Å². The van der Waals surface area contributed by atoms with Crippen LogP contribution in [0.3, 0.4) is 0 Å². The van der Waals surface area contributed by atoms with Crippen LogP contribution in [0.2, 0.25) is 0 Å². The second-order valence-corrected chi connectivity index (χ2v) is 4.47. The third-order valence-electron chi connectivity index (χ3n) is 2.67. The number of ether oxygens (including phenoxy) is 1. The maximum absolute atomic E-state index is 5.11. The topological polar surface area (TPSA) is 62.3 Å². The van der Waals surface area contributed by atoms with Gasteiger partial charge in [-0.05, 0) is 20.8 Å². The lowest BCUT2D eigenvalue weighted by Gasteiger charge is -2.25. The summed E-state index contributed by atoms with van der Waals surface area (Å²) in [4.78, 5) is 8.58. The van der Waals surface area contributed by atoms with E-state index >= 15 is 0 Å². The molecule has 0 aliphatic rings. The van der Waals surface area contributed by atoms with E-state index in [0.717, 1.165) is 22.9 Å². The van der Waals surface area contributed by atoms with Crippen molar-refractivity contribution in [3.05, 3.63) is 24.2 Å². The zero-order valence-corrected chi connectivity index (χ0v) is 12.3. The second kappa shape index (κ2) is 7.06. The number of rotatable bonds is 7. The number of allylic oxidation sites excluding steroid dienone is 1. The molecule has 1 aromatic rings. The summed E-state index contributed by atoms with van der Waals surface area (Å²) >= 11 is 0. The largest absolute Gasteiger partial charge is 0.383 e. The maximum Gasteiger partial charge on any atom is 0.155 e. The van der Waals surface area contributed by atoms with E-state index in [-0.39, 0.29) is 6.04 Å². The molecule has 0 saturated heterocycles. The van der Waals surface area contributed by atoms with Gasteiger partial charge in [0.05, 0.1) is 6.61 Å². The molecule has 1 aromatic heterocycles. The van der Waals surface area contributed by atoms with Crippen LogP contribution in [-0.2, 0) is 4.74 Å². The minimum Gasteiger partial charge on any atom is -0.383 e. The first-order chi connectivity index (χ1) is 9.01. The van der Waals surface area contributed by atoms with Gasteiger partial charge in [0.2, 0.25) is 0 Å². The zero-order chi connectivity index (χ0) is 14.4. The fourth-order valence-electron chi connectivity index (χ4n) is 1.81. The van der Waals surface area contributed by atoms with Gasteiger partial charge in [0.1, 0.15) is 12.1 Å². The SMILES string of the molecule is C=C(C)N(NC)c1ncnc(N[C@H](C)COC)c1C. The van der Waals surface area contributed by atoms with Gasteiger partial charge >= 0.3 is 0 Å². The summed E-state index contributed by atoms with van der Waals surface area (Å²) in [6.45, 7) is 10.5. The average Bonchev–Trinajstić information content (AvgIpc) is 2.34. The van der Waals surface area contributed by atoms with E-state index in [1.165, 1.54) is 6.33 Å². The summed E-state index contributed by atoms with van der Waals surface area (Å²) < 4.78 is 5.11. The van der Waals surface area contributed by atoms with E-state index in [9.17, 15) is 0 Å². The van der Waals surface area contributed by atoms with E-state index < -0.39 is 0 Å². The first-order valence-corrected chi connectivity index (χ1v) is 6.21. The van der Waals surface area contributed by atoms with Gasteiger partial charge in [-0.15, -0.1) is 0 Å². The average molecular weight is 265 g/mol. The molecule has 0 unspecified atom stereocenters. The number of hydrogen-bond donors (Lipinski definition) is 2. The fourth-order valence-corrected chi connectivity index (χ4v) is 1.81. The molecular weight excluding hydrogens is 242 g/mol. The molecule has 106 valence electrons. The molecule has 0 fully saturated rings. The van der Waals surface area contributed by atoms with Crippen molar-refractivity contribution >= 4 is 11.6 Å². The van der Waals surface area contributed by atoms with Gasteiger partial charge in [0, 0.05) is 31.5 Å². The van der Waals surface area contributed by atoms with Crippen molar-refractivity contribution < 1.29 is 4.74 Å². The fraction of sp³-hybridized carbons (Fsp3) is 0.538. The molecule has 0 saturated carbocycles. The minimum absolute atomic E-state index is 0.180. The number of hydrogen-bond acceptors (Lipinski definition) is 6. The smallest absolute Gasteiger partial charge is 0.155 e. The van der Waals surface area contributed by atoms with Gasteiger partial charge in [0.25, 0.3) is 0 Å². The molecule has 0 spiro atoms. The Labute approximate surface area is 114 Å². The number of nitrogens with one attached hydrogen (secondary N) is 2. The Balaban J connectivity index is 3.00. The molecule has 0 aromatic carbocycles. The number of methoxy groups -OCH3 is 1. The summed E-state index contributed by atoms with van der Waals surface area (Å²) in [5.74, 6) is 1.59. The van der Waals surface area contributed by atoms with E-state index in [4.69, 9.17) is 4.74 Å². The van der Waals surface area contributed by atoms with Gasteiger partial charge < -0.3 is 10.1 Å². The molecule has 19 heavy (non-hydrogen) atoms. The van der Waals surface area contributed by atoms with Gasteiger partial charge in [-0.3, -0.25) is 5.01 Å². The highest BCUT2D eigenvalue weighted by atomic mass is 16.5. The van der Waals surface area contributed by atoms with Crippen LogP contribution in [0.1, 0.15) is 19.4 Å². The molecule has 2 N–H and O–H groups in total. The highest BCUT2D eigenvalue weighted by Crippen LogP contribution is 2.23. The summed E-state index contributed by atoms with van der Waals surface area (Å²) in [5.41, 5.74) is 4.88. The van der Waals surface area contributed by atoms with Crippen LogP contribution in [-0.4, -0.2) is 36.8 Å². The van der Waals surface area contributed by atoms with E-state index in [0.29, 0.717) is 6.61 Å². The Morgan fingerprint density at radius 1 is 1.53 bits per heavy atom. The van der Waals surface area contributed by atoms with Crippen LogP contribution in [0.15, 0.2) is 18.6 Å². The van der Waals surface area contributed by atoms with Crippen LogP contribution >= 0.6 is 0 Å². The van der Waals surface area contributed by atoms with E-state index in [1.807, 2.05) is 32.8 Å². The Morgan fingerprint density at radius 3 is 2.74 bits per heavy atom. The Morgan fingerprint density at radius 2 is 2.21 bits per heavy atom. The van der Waals surface area contributed by atoms with Crippen LogP contribution in [0, 0.1) is 6.92 Å². The quantitative estimate of drug-likeness (QED) is 0.732. The van der Waals surface area contributed by atoms with Crippen molar-refractivity contribution in [2.24, 2.45) is 0 Å². The Kier molecular flexibility index (Phi) is 5.72. The van der Waals surface area contributed by atoms with Crippen molar-refractivity contribution in [2.45, 2.75) is 26.8 Å². The lowest BCUT2D eigenvalue weighted by Crippen LogP contribution is -2.34. The predicted molar refractivity (Wildman–Crippen MR) is 78.1 cm³/mol. The van der Waals surface area contributed by atoms with Crippen LogP contribution in [0.25, 0.3) is 0 Å². The monoisotopic (exact) mass is 265 g/mol. The molecule has 0 amide bonds. The lowest BCUT2D eigenvalue weighted by atomic mass is 10.2. The standard InChI is InChI=1S/C13H23N5O/c1-9(2)18(14-5)13-11(4)12(15-8-16-13)17-10(3)7-19-6/h8,10,14H,1,7H2,2-6H3,(H,15,16,17)/t10-/m1/s1. The summed E-state index contributed by atoms with van der Waals surface area (Å²) in [5, 5.41) is 5.13. The van der Waals surface area contributed by atoms with Gasteiger partial charge in [-0.25, -0.2) is 15.4 Å². The molecule has 6 heteroatoms. The first kappa shape index (κ1) is 15.4. The van der Waals surface area contributed by atoms with Crippen LogP contribution in [0.5, 0.6) is 0 Å². The van der Waals surface area contributed by atoms with E-state index in [1.54, 1.807) is 7.11 Å². The van der Waals surface area contributed by atoms with Crippen molar-refractivity contribution in [1.82, 2.24) is 15.4 Å². The summed E-state index contributed by atoms with van der Waals surface area (Å²) in [6, 6.07) is 0.180. The van der Waals surface area contributed by atoms with Crippen molar-refractivity contribution in [3.8, 4) is 0 Å². The molecule has 0 bridgehead atoms. The van der Waals surface area contributed by atoms with Gasteiger partial charge in [-0.1, -0.05) is 6.58 Å². The van der Waals surface area contributed by atoms with Crippen molar-refractivity contribution in [3.63, 3.8) is 0 Å². The molecule has 6 nitrogen and oxygen atoms in total. The molecule has 1 atom stereocenters. The van der Waals surface area contributed by atoms with Crippen molar-refractivity contribution in [1.29, 1.82) is 0 Å². The second-order valence-electron chi connectivity index (χ2n) is 4.47. The normalized spacial score (nSPS) is 12.1. The highest BCUT2D eigenvalue weighted by molar-refractivity contribution is 5.59. The van der Waals surface area contributed by atoms with Crippen LogP contribution in [0.4, 0.5) is 11.6 Å². The number of nitrogens with zero attached hydrogens (tertiary/aromatic N) is 3. The molecule has 1 rings (SSSR count). The Bertz CT molecular complexity index is 435. The van der Waals surface area contributed by atoms with Gasteiger partial charge in [-0.2, -0.15) is 0 Å². The molecule has 0 aliphatic carbocycles. The summed E-state index contributed by atoms with van der Waals surface area (Å²) in [6.07, 6.45) is 1.54. The third-order valence-corrected chi connectivity index (χ3v) is 2.67. The summed E-state index contributed by atoms with van der Waals surface area (Å²) in [7, 11) is 3.51.